The lowest BCUT2D eigenvalue weighted by Crippen LogP contribution is -2.12. The van der Waals surface area contributed by atoms with Gasteiger partial charge in [-0.15, -0.1) is 0 Å². The van der Waals surface area contributed by atoms with E-state index in [0.717, 1.165) is 4.47 Å². The number of hydrogen-bond acceptors (Lipinski definition) is 4. The number of halogens is 1. The van der Waals surface area contributed by atoms with Crippen LogP contribution in [0.5, 0.6) is 0 Å². The summed E-state index contributed by atoms with van der Waals surface area (Å²) in [7, 11) is 0. The molecule has 0 fully saturated rings. The fourth-order valence-electron chi connectivity index (χ4n) is 1.01. The van der Waals surface area contributed by atoms with Crippen molar-refractivity contribution in [3.05, 3.63) is 41.0 Å². The molecule has 0 saturated carbocycles. The summed E-state index contributed by atoms with van der Waals surface area (Å²) >= 11 is 3.25. The molecular formula is C9H6BrN3O2. The van der Waals surface area contributed by atoms with Gasteiger partial charge >= 0.3 is 0 Å². The summed E-state index contributed by atoms with van der Waals surface area (Å²) in [6.45, 7) is 0. The van der Waals surface area contributed by atoms with Crippen LogP contribution in [0.1, 0.15) is 10.5 Å². The average Bonchev–Trinajstić information content (AvgIpc) is 2.70. The molecule has 0 unspecified atom stereocenters. The maximum Gasteiger partial charge on any atom is 0.277 e. The number of anilines is 1. The van der Waals surface area contributed by atoms with Gasteiger partial charge in [-0.05, 0) is 22.0 Å². The Morgan fingerprint density at radius 3 is 3.00 bits per heavy atom. The van der Waals surface area contributed by atoms with Gasteiger partial charge in [0.2, 0.25) is 0 Å². The van der Waals surface area contributed by atoms with Crippen molar-refractivity contribution in [3.8, 4) is 0 Å². The Labute approximate surface area is 93.6 Å². The topological polar surface area (TPSA) is 68.0 Å². The van der Waals surface area contributed by atoms with E-state index in [4.69, 9.17) is 0 Å². The number of carbonyl (C=O) groups excluding carboxylic acids is 1. The van der Waals surface area contributed by atoms with Crippen molar-refractivity contribution >= 4 is 27.5 Å². The Balaban J connectivity index is 2.13. The zero-order valence-corrected chi connectivity index (χ0v) is 9.06. The van der Waals surface area contributed by atoms with E-state index in [1.54, 1.807) is 18.5 Å². The first-order valence-corrected chi connectivity index (χ1v) is 4.87. The number of nitrogens with one attached hydrogen (secondary N) is 1. The van der Waals surface area contributed by atoms with Crippen LogP contribution in [0.2, 0.25) is 0 Å². The highest BCUT2D eigenvalue weighted by molar-refractivity contribution is 9.10. The number of nitrogens with zero attached hydrogens (tertiary/aromatic N) is 2. The zero-order chi connectivity index (χ0) is 10.7. The van der Waals surface area contributed by atoms with Crippen molar-refractivity contribution in [2.75, 3.05) is 5.32 Å². The van der Waals surface area contributed by atoms with Crippen LogP contribution in [0, 0.1) is 0 Å². The van der Waals surface area contributed by atoms with Crippen LogP contribution in [0.4, 0.5) is 5.69 Å². The fourth-order valence-corrected chi connectivity index (χ4v) is 1.37. The summed E-state index contributed by atoms with van der Waals surface area (Å²) in [5, 5.41) is 6.15. The predicted octanol–water partition coefficient (Wildman–Crippen LogP) is 2.08. The van der Waals surface area contributed by atoms with Crippen molar-refractivity contribution in [3.63, 3.8) is 0 Å². The van der Waals surface area contributed by atoms with Gasteiger partial charge in [0.1, 0.15) is 6.26 Å². The molecule has 76 valence electrons. The van der Waals surface area contributed by atoms with Gasteiger partial charge in [0.05, 0.1) is 11.9 Å². The first kappa shape index (κ1) is 9.85. The molecule has 2 aromatic heterocycles. The average molecular weight is 268 g/mol. The van der Waals surface area contributed by atoms with Gasteiger partial charge in [0.15, 0.2) is 5.69 Å². The zero-order valence-electron chi connectivity index (χ0n) is 7.48. The van der Waals surface area contributed by atoms with Gasteiger partial charge in [-0.1, -0.05) is 5.16 Å². The molecule has 2 aromatic rings. The smallest absolute Gasteiger partial charge is 0.277 e. The van der Waals surface area contributed by atoms with Crippen molar-refractivity contribution in [2.45, 2.75) is 0 Å². The Morgan fingerprint density at radius 2 is 2.33 bits per heavy atom. The van der Waals surface area contributed by atoms with Crippen LogP contribution in [0.3, 0.4) is 0 Å². The summed E-state index contributed by atoms with van der Waals surface area (Å²) in [5.41, 5.74) is 0.826. The third-order valence-electron chi connectivity index (χ3n) is 1.63. The molecule has 0 aliphatic carbocycles. The van der Waals surface area contributed by atoms with Crippen LogP contribution < -0.4 is 5.32 Å². The van der Waals surface area contributed by atoms with Crippen LogP contribution in [-0.2, 0) is 0 Å². The molecule has 0 saturated heterocycles. The van der Waals surface area contributed by atoms with Gasteiger partial charge in [-0.25, -0.2) is 0 Å². The fraction of sp³-hybridized carbons (Fsp3) is 0. The van der Waals surface area contributed by atoms with E-state index in [0.29, 0.717) is 5.69 Å². The molecule has 2 heterocycles. The summed E-state index contributed by atoms with van der Waals surface area (Å²) in [4.78, 5) is 15.4. The molecule has 0 aliphatic rings. The first-order valence-electron chi connectivity index (χ1n) is 4.08. The Bertz CT molecular complexity index is 470. The third kappa shape index (κ3) is 2.41. The van der Waals surface area contributed by atoms with E-state index < -0.39 is 0 Å². The standard InChI is InChI=1S/C9H6BrN3O2/c10-6-3-7(5-11-4-6)12-9(14)8-1-2-15-13-8/h1-5H,(H,12,14). The molecule has 0 spiro atoms. The first-order chi connectivity index (χ1) is 7.25. The second-order valence-corrected chi connectivity index (χ2v) is 3.65. The lowest BCUT2D eigenvalue weighted by molar-refractivity contribution is 0.101. The number of amides is 1. The molecule has 1 amide bonds. The van der Waals surface area contributed by atoms with Crippen molar-refractivity contribution in [2.24, 2.45) is 0 Å². The Morgan fingerprint density at radius 1 is 1.47 bits per heavy atom. The number of rotatable bonds is 2. The van der Waals surface area contributed by atoms with Crippen LogP contribution in [-0.4, -0.2) is 16.0 Å². The van der Waals surface area contributed by atoms with Crippen molar-refractivity contribution < 1.29 is 9.32 Å². The molecule has 0 aliphatic heterocycles. The minimum absolute atomic E-state index is 0.231. The second-order valence-electron chi connectivity index (χ2n) is 2.73. The molecule has 15 heavy (non-hydrogen) atoms. The van der Waals surface area contributed by atoms with E-state index in [-0.39, 0.29) is 11.6 Å². The van der Waals surface area contributed by atoms with Gasteiger partial charge in [0.25, 0.3) is 5.91 Å². The number of hydrogen-bond donors (Lipinski definition) is 1. The normalized spacial score (nSPS) is 9.93. The maximum atomic E-state index is 11.5. The highest BCUT2D eigenvalue weighted by Crippen LogP contribution is 2.14. The van der Waals surface area contributed by atoms with Crippen LogP contribution >= 0.6 is 15.9 Å². The summed E-state index contributed by atoms with van der Waals surface area (Å²) in [5.74, 6) is -0.330. The highest BCUT2D eigenvalue weighted by Gasteiger charge is 2.08. The SMILES string of the molecule is O=C(Nc1cncc(Br)c1)c1ccon1. The highest BCUT2D eigenvalue weighted by atomic mass is 79.9. The summed E-state index contributed by atoms with van der Waals surface area (Å²) in [6.07, 6.45) is 4.52. The van der Waals surface area contributed by atoms with E-state index >= 15 is 0 Å². The summed E-state index contributed by atoms with van der Waals surface area (Å²) in [6, 6.07) is 3.23. The molecule has 0 radical (unpaired) electrons. The molecule has 5 nitrogen and oxygen atoms in total. The number of aromatic nitrogens is 2. The molecule has 0 aromatic carbocycles. The molecule has 1 N–H and O–H groups in total. The van der Waals surface area contributed by atoms with Gasteiger partial charge in [-0.2, -0.15) is 0 Å². The van der Waals surface area contributed by atoms with Crippen molar-refractivity contribution in [1.82, 2.24) is 10.1 Å². The second kappa shape index (κ2) is 4.22. The van der Waals surface area contributed by atoms with Gasteiger partial charge in [0, 0.05) is 16.7 Å². The lowest BCUT2D eigenvalue weighted by atomic mass is 10.3. The third-order valence-corrected chi connectivity index (χ3v) is 2.07. The Hall–Kier alpha value is -1.69. The molecular weight excluding hydrogens is 262 g/mol. The van der Waals surface area contributed by atoms with Crippen molar-refractivity contribution in [1.29, 1.82) is 0 Å². The Kier molecular flexibility index (Phi) is 2.77. The van der Waals surface area contributed by atoms with E-state index in [1.165, 1.54) is 12.3 Å². The van der Waals surface area contributed by atoms with E-state index in [9.17, 15) is 4.79 Å². The lowest BCUT2D eigenvalue weighted by Gasteiger charge is -2.01. The molecule has 0 atom stereocenters. The molecule has 2 rings (SSSR count). The van der Waals surface area contributed by atoms with Crippen LogP contribution in [0.25, 0.3) is 0 Å². The number of carbonyl (C=O) groups is 1. The monoisotopic (exact) mass is 267 g/mol. The van der Waals surface area contributed by atoms with E-state index in [2.05, 4.69) is 35.9 Å². The largest absolute Gasteiger partial charge is 0.364 e. The van der Waals surface area contributed by atoms with Crippen LogP contribution in [0.15, 0.2) is 39.8 Å². The van der Waals surface area contributed by atoms with Gasteiger partial charge in [-0.3, -0.25) is 9.78 Å². The molecule has 6 heteroatoms. The minimum Gasteiger partial charge on any atom is -0.364 e. The number of pyridine rings is 1. The molecule has 0 bridgehead atoms. The quantitative estimate of drug-likeness (QED) is 0.905. The summed E-state index contributed by atoms with van der Waals surface area (Å²) < 4.78 is 5.35. The minimum atomic E-state index is -0.330. The van der Waals surface area contributed by atoms with E-state index in [1.807, 2.05) is 0 Å². The predicted molar refractivity (Wildman–Crippen MR) is 56.4 cm³/mol. The van der Waals surface area contributed by atoms with Gasteiger partial charge < -0.3 is 9.84 Å². The maximum absolute atomic E-state index is 11.5.